The molecule has 0 N–H and O–H groups in total. The third-order valence-electron chi connectivity index (χ3n) is 1.78. The Bertz CT molecular complexity index is 213. The molecule has 2 nitrogen and oxygen atoms in total. The molecule has 2 heteroatoms. The first-order valence-corrected chi connectivity index (χ1v) is 3.40. The van der Waals surface area contributed by atoms with Crippen molar-refractivity contribution in [3.63, 3.8) is 0 Å². The molecule has 1 aliphatic carbocycles. The van der Waals surface area contributed by atoms with Crippen LogP contribution >= 0.6 is 0 Å². The van der Waals surface area contributed by atoms with Gasteiger partial charge in [0.15, 0.2) is 0 Å². The Kier molecular flexibility index (Phi) is 2.07. The molecule has 0 spiro atoms. The molecule has 1 rings (SSSR count). The van der Waals surface area contributed by atoms with Crippen LogP contribution in [0.5, 0.6) is 0 Å². The summed E-state index contributed by atoms with van der Waals surface area (Å²) in [7, 11) is 0. The maximum Gasteiger partial charge on any atom is 0.128 e. The fourth-order valence-corrected chi connectivity index (χ4v) is 1.23. The highest BCUT2D eigenvalue weighted by molar-refractivity contribution is 5.40. The normalized spacial score (nSPS) is 16.0. The summed E-state index contributed by atoms with van der Waals surface area (Å²) in [4.78, 5) is 0. The molecule has 0 bridgehead atoms. The van der Waals surface area contributed by atoms with Gasteiger partial charge in [0.2, 0.25) is 0 Å². The molecule has 0 aliphatic heterocycles. The van der Waals surface area contributed by atoms with E-state index in [2.05, 4.69) is 0 Å². The molecular formula is C8H8N2. The number of hydrogen-bond donors (Lipinski definition) is 0. The lowest BCUT2D eigenvalue weighted by Crippen LogP contribution is -1.80. The van der Waals surface area contributed by atoms with Crippen molar-refractivity contribution in [3.05, 3.63) is 11.1 Å². The zero-order valence-electron chi connectivity index (χ0n) is 5.72. The smallest absolute Gasteiger partial charge is 0.128 e. The minimum atomic E-state index is 0.345. The Morgan fingerprint density at radius 3 is 2.00 bits per heavy atom. The van der Waals surface area contributed by atoms with Gasteiger partial charge < -0.3 is 0 Å². The monoisotopic (exact) mass is 132 g/mol. The zero-order chi connectivity index (χ0) is 7.40. The van der Waals surface area contributed by atoms with Crippen LogP contribution in [0.2, 0.25) is 0 Å². The predicted molar refractivity (Wildman–Crippen MR) is 36.7 cm³/mol. The number of allylic oxidation sites excluding steroid dienone is 2. The average Bonchev–Trinajstić information content (AvgIpc) is 2.43. The van der Waals surface area contributed by atoms with Crippen LogP contribution in [-0.2, 0) is 0 Å². The summed E-state index contributed by atoms with van der Waals surface area (Å²) in [5, 5.41) is 16.9. The molecule has 1 saturated carbocycles. The Hall–Kier alpha value is -1.28. The van der Waals surface area contributed by atoms with E-state index in [9.17, 15) is 0 Å². The van der Waals surface area contributed by atoms with Crippen LogP contribution in [0.15, 0.2) is 11.1 Å². The minimum Gasteiger partial charge on any atom is -0.192 e. The Labute approximate surface area is 60.4 Å². The molecule has 0 heterocycles. The third-order valence-corrected chi connectivity index (χ3v) is 1.78. The summed E-state index contributed by atoms with van der Waals surface area (Å²) in [5.74, 6) is 0. The summed E-state index contributed by atoms with van der Waals surface area (Å²) in [6.07, 6.45) is 4.19. The van der Waals surface area contributed by atoms with Gasteiger partial charge in [-0.05, 0) is 31.3 Å². The van der Waals surface area contributed by atoms with Gasteiger partial charge in [-0.2, -0.15) is 10.5 Å². The van der Waals surface area contributed by atoms with E-state index < -0.39 is 0 Å². The van der Waals surface area contributed by atoms with Crippen LogP contribution in [0.1, 0.15) is 25.7 Å². The fraction of sp³-hybridized carbons (Fsp3) is 0.500. The summed E-state index contributed by atoms with van der Waals surface area (Å²) in [6, 6.07) is 3.82. The van der Waals surface area contributed by atoms with Gasteiger partial charge in [0, 0.05) is 0 Å². The van der Waals surface area contributed by atoms with Gasteiger partial charge in [0.1, 0.15) is 17.7 Å². The van der Waals surface area contributed by atoms with Crippen LogP contribution in [0.4, 0.5) is 0 Å². The van der Waals surface area contributed by atoms with E-state index in [1.165, 1.54) is 0 Å². The molecule has 0 amide bonds. The van der Waals surface area contributed by atoms with E-state index in [1.807, 2.05) is 12.1 Å². The fourth-order valence-electron chi connectivity index (χ4n) is 1.23. The molecule has 50 valence electrons. The number of rotatable bonds is 0. The molecule has 0 atom stereocenters. The minimum absolute atomic E-state index is 0.345. The number of nitriles is 2. The van der Waals surface area contributed by atoms with Crippen LogP contribution in [0.3, 0.4) is 0 Å². The molecule has 1 aliphatic rings. The molecule has 0 aromatic heterocycles. The first kappa shape index (κ1) is 6.83. The molecular weight excluding hydrogens is 124 g/mol. The predicted octanol–water partition coefficient (Wildman–Crippen LogP) is 1.90. The zero-order valence-corrected chi connectivity index (χ0v) is 5.72. The van der Waals surface area contributed by atoms with E-state index in [4.69, 9.17) is 10.5 Å². The van der Waals surface area contributed by atoms with E-state index in [1.54, 1.807) is 0 Å². The average molecular weight is 132 g/mol. The van der Waals surface area contributed by atoms with Crippen molar-refractivity contribution >= 4 is 0 Å². The standard InChI is InChI=1S/C8H8N2/c9-5-8(6-10)7-3-1-2-4-7/h1-4H2. The maximum atomic E-state index is 8.46. The first-order chi connectivity index (χ1) is 4.88. The Balaban J connectivity index is 2.85. The van der Waals surface area contributed by atoms with Crippen molar-refractivity contribution in [1.82, 2.24) is 0 Å². The molecule has 0 aromatic rings. The molecule has 1 fully saturated rings. The van der Waals surface area contributed by atoms with E-state index in [0.717, 1.165) is 31.3 Å². The third kappa shape index (κ3) is 1.17. The molecule has 0 saturated heterocycles. The van der Waals surface area contributed by atoms with Crippen molar-refractivity contribution in [1.29, 1.82) is 10.5 Å². The highest BCUT2D eigenvalue weighted by Crippen LogP contribution is 2.26. The number of nitrogens with zero attached hydrogens (tertiary/aromatic N) is 2. The molecule has 0 aromatic carbocycles. The van der Waals surface area contributed by atoms with Crippen LogP contribution in [0.25, 0.3) is 0 Å². The summed E-state index contributed by atoms with van der Waals surface area (Å²) in [6.45, 7) is 0. The Morgan fingerprint density at radius 2 is 1.60 bits per heavy atom. The highest BCUT2D eigenvalue weighted by Gasteiger charge is 2.11. The Morgan fingerprint density at radius 1 is 1.10 bits per heavy atom. The van der Waals surface area contributed by atoms with Gasteiger partial charge in [-0.1, -0.05) is 0 Å². The first-order valence-electron chi connectivity index (χ1n) is 3.40. The van der Waals surface area contributed by atoms with Gasteiger partial charge in [-0.25, -0.2) is 0 Å². The van der Waals surface area contributed by atoms with Crippen molar-refractivity contribution in [2.45, 2.75) is 25.7 Å². The van der Waals surface area contributed by atoms with E-state index in [-0.39, 0.29) is 0 Å². The quantitative estimate of drug-likeness (QED) is 0.472. The summed E-state index contributed by atoms with van der Waals surface area (Å²) >= 11 is 0. The molecule has 0 radical (unpaired) electrons. The van der Waals surface area contributed by atoms with Crippen molar-refractivity contribution < 1.29 is 0 Å². The van der Waals surface area contributed by atoms with Crippen molar-refractivity contribution in [2.75, 3.05) is 0 Å². The van der Waals surface area contributed by atoms with Crippen LogP contribution in [0, 0.1) is 22.7 Å². The maximum absolute atomic E-state index is 8.46. The second-order valence-corrected chi connectivity index (χ2v) is 2.41. The van der Waals surface area contributed by atoms with Gasteiger partial charge in [0.25, 0.3) is 0 Å². The highest BCUT2D eigenvalue weighted by atomic mass is 14.3. The lowest BCUT2D eigenvalue weighted by Gasteiger charge is -1.90. The lowest BCUT2D eigenvalue weighted by molar-refractivity contribution is 0.886. The van der Waals surface area contributed by atoms with E-state index in [0.29, 0.717) is 5.57 Å². The topological polar surface area (TPSA) is 47.6 Å². The summed E-state index contributed by atoms with van der Waals surface area (Å²) in [5.41, 5.74) is 1.41. The number of hydrogen-bond acceptors (Lipinski definition) is 2. The van der Waals surface area contributed by atoms with Crippen LogP contribution < -0.4 is 0 Å². The molecule has 10 heavy (non-hydrogen) atoms. The lowest BCUT2D eigenvalue weighted by atomic mass is 10.1. The van der Waals surface area contributed by atoms with E-state index >= 15 is 0 Å². The second kappa shape index (κ2) is 3.03. The van der Waals surface area contributed by atoms with Gasteiger partial charge in [0.05, 0.1) is 0 Å². The van der Waals surface area contributed by atoms with Crippen molar-refractivity contribution in [2.24, 2.45) is 0 Å². The summed E-state index contributed by atoms with van der Waals surface area (Å²) < 4.78 is 0. The molecule has 0 unspecified atom stereocenters. The largest absolute Gasteiger partial charge is 0.192 e. The van der Waals surface area contributed by atoms with Crippen molar-refractivity contribution in [3.8, 4) is 12.1 Å². The second-order valence-electron chi connectivity index (χ2n) is 2.41. The SMILES string of the molecule is N#CC(C#N)=C1CCCC1. The van der Waals surface area contributed by atoms with Gasteiger partial charge in [-0.15, -0.1) is 0 Å². The van der Waals surface area contributed by atoms with Gasteiger partial charge >= 0.3 is 0 Å². The van der Waals surface area contributed by atoms with Gasteiger partial charge in [-0.3, -0.25) is 0 Å². The van der Waals surface area contributed by atoms with Crippen LogP contribution in [-0.4, -0.2) is 0 Å².